The Morgan fingerprint density at radius 2 is 2.03 bits per heavy atom. The number of benzene rings is 1. The third-order valence-corrected chi connectivity index (χ3v) is 5.77. The lowest BCUT2D eigenvalue weighted by Gasteiger charge is -2.28. The van der Waals surface area contributed by atoms with Crippen LogP contribution in [0.5, 0.6) is 5.75 Å². The van der Waals surface area contributed by atoms with Crippen molar-refractivity contribution in [3.8, 4) is 23.0 Å². The monoisotopic (exact) mass is 400 g/mol. The van der Waals surface area contributed by atoms with Gasteiger partial charge >= 0.3 is 0 Å². The second-order valence-corrected chi connectivity index (χ2v) is 7.86. The zero-order valence-corrected chi connectivity index (χ0v) is 17.2. The van der Waals surface area contributed by atoms with Crippen molar-refractivity contribution in [2.24, 2.45) is 0 Å². The number of aromatic nitrogens is 3. The Morgan fingerprint density at radius 1 is 1.13 bits per heavy atom. The second kappa shape index (κ2) is 7.46. The van der Waals surface area contributed by atoms with Crippen LogP contribution in [0.3, 0.4) is 0 Å². The van der Waals surface area contributed by atoms with Gasteiger partial charge in [-0.2, -0.15) is 0 Å². The molecule has 0 atom stereocenters. The first-order chi connectivity index (χ1) is 14.6. The van der Waals surface area contributed by atoms with Gasteiger partial charge in [-0.05, 0) is 49.7 Å². The fraction of sp³-hybridized carbons (Fsp3) is 0.250. The largest absolute Gasteiger partial charge is 0.508 e. The lowest BCUT2D eigenvalue weighted by molar-refractivity contribution is 0.242. The number of nitrogens with zero attached hydrogens (tertiary/aromatic N) is 4. The minimum Gasteiger partial charge on any atom is -0.508 e. The van der Waals surface area contributed by atoms with Crippen molar-refractivity contribution in [3.63, 3.8) is 0 Å². The summed E-state index contributed by atoms with van der Waals surface area (Å²) in [5, 5.41) is 9.86. The van der Waals surface area contributed by atoms with Crippen LogP contribution in [0.25, 0.3) is 17.3 Å². The summed E-state index contributed by atoms with van der Waals surface area (Å²) in [6.45, 7) is 6.91. The summed E-state index contributed by atoms with van der Waals surface area (Å²) in [6.07, 6.45) is 4.48. The van der Waals surface area contributed by atoms with Crippen LogP contribution in [0.4, 0.5) is 0 Å². The predicted molar refractivity (Wildman–Crippen MR) is 114 cm³/mol. The molecule has 0 unspecified atom stereocenters. The van der Waals surface area contributed by atoms with E-state index in [0.717, 1.165) is 43.1 Å². The summed E-state index contributed by atoms with van der Waals surface area (Å²) in [7, 11) is 0. The van der Waals surface area contributed by atoms with Crippen molar-refractivity contribution in [1.82, 2.24) is 19.4 Å². The standard InChI is InChI=1S/C24H24N4O2/c1-16-11-18(17(2)28(16)20-5-3-6-21(29)12-20)14-27-9-8-22-19(15-27)13-25-24(26-22)23-7-4-10-30-23/h3-7,10-13,29H,8-9,14-15H2,1-2H3. The third kappa shape index (κ3) is 3.39. The minimum atomic E-state index is 0.281. The molecular formula is C24H24N4O2. The number of aromatic hydroxyl groups is 1. The van der Waals surface area contributed by atoms with Crippen molar-refractivity contribution in [2.45, 2.75) is 33.4 Å². The van der Waals surface area contributed by atoms with Gasteiger partial charge in [0.05, 0.1) is 12.0 Å². The van der Waals surface area contributed by atoms with Gasteiger partial charge in [0.2, 0.25) is 0 Å². The molecule has 4 aromatic rings. The Balaban J connectivity index is 1.36. The van der Waals surface area contributed by atoms with Crippen LogP contribution in [0.1, 0.15) is 28.2 Å². The summed E-state index contributed by atoms with van der Waals surface area (Å²) in [5.41, 5.74) is 6.94. The molecule has 0 saturated heterocycles. The highest BCUT2D eigenvalue weighted by Crippen LogP contribution is 2.26. The number of phenolic OH excluding ortho intramolecular Hbond substituents is 1. The Labute approximate surface area is 175 Å². The fourth-order valence-electron chi connectivity index (χ4n) is 4.29. The molecule has 0 fully saturated rings. The topological polar surface area (TPSA) is 67.3 Å². The number of fused-ring (bicyclic) bond motifs is 1. The summed E-state index contributed by atoms with van der Waals surface area (Å²) < 4.78 is 7.63. The first kappa shape index (κ1) is 18.6. The van der Waals surface area contributed by atoms with E-state index in [1.165, 1.54) is 16.8 Å². The van der Waals surface area contributed by atoms with Crippen LogP contribution in [-0.4, -0.2) is 31.1 Å². The minimum absolute atomic E-state index is 0.281. The Kier molecular flexibility index (Phi) is 4.64. The number of furan rings is 1. The van der Waals surface area contributed by atoms with Gasteiger partial charge in [-0.25, -0.2) is 9.97 Å². The van der Waals surface area contributed by atoms with E-state index in [1.54, 1.807) is 18.4 Å². The average Bonchev–Trinajstić information content (AvgIpc) is 3.36. The first-order valence-corrected chi connectivity index (χ1v) is 10.2. The maximum atomic E-state index is 9.86. The molecule has 5 rings (SSSR count). The van der Waals surface area contributed by atoms with E-state index in [4.69, 9.17) is 9.40 Å². The molecule has 0 spiro atoms. The summed E-state index contributed by atoms with van der Waals surface area (Å²) in [4.78, 5) is 11.7. The molecule has 0 saturated carbocycles. The Hall–Kier alpha value is -3.38. The molecule has 6 heteroatoms. The van der Waals surface area contributed by atoms with Crippen LogP contribution in [-0.2, 0) is 19.5 Å². The first-order valence-electron chi connectivity index (χ1n) is 10.2. The van der Waals surface area contributed by atoms with Crippen LogP contribution < -0.4 is 0 Å². The molecule has 30 heavy (non-hydrogen) atoms. The van der Waals surface area contributed by atoms with Crippen LogP contribution in [0.15, 0.2) is 59.3 Å². The number of hydrogen-bond acceptors (Lipinski definition) is 5. The molecule has 0 bridgehead atoms. The van der Waals surface area contributed by atoms with Gasteiger partial charge in [-0.1, -0.05) is 6.07 Å². The number of rotatable bonds is 4. The lowest BCUT2D eigenvalue weighted by Crippen LogP contribution is -2.31. The molecule has 6 nitrogen and oxygen atoms in total. The highest BCUT2D eigenvalue weighted by molar-refractivity contribution is 5.47. The van der Waals surface area contributed by atoms with Crippen molar-refractivity contribution >= 4 is 0 Å². The zero-order valence-electron chi connectivity index (χ0n) is 17.2. The van der Waals surface area contributed by atoms with Gasteiger partial charge in [0.25, 0.3) is 0 Å². The van der Waals surface area contributed by atoms with Gasteiger partial charge in [-0.3, -0.25) is 4.90 Å². The molecule has 0 aliphatic carbocycles. The molecule has 0 amide bonds. The van der Waals surface area contributed by atoms with Crippen LogP contribution in [0.2, 0.25) is 0 Å². The number of hydrogen-bond donors (Lipinski definition) is 1. The second-order valence-electron chi connectivity index (χ2n) is 7.86. The number of aryl methyl sites for hydroxylation is 1. The fourth-order valence-corrected chi connectivity index (χ4v) is 4.29. The third-order valence-electron chi connectivity index (χ3n) is 5.77. The van der Waals surface area contributed by atoms with Gasteiger partial charge in [-0.15, -0.1) is 0 Å². The normalized spacial score (nSPS) is 14.1. The van der Waals surface area contributed by atoms with E-state index in [9.17, 15) is 5.11 Å². The molecule has 1 aliphatic rings. The van der Waals surface area contributed by atoms with Gasteiger partial charge in [0.1, 0.15) is 5.75 Å². The van der Waals surface area contributed by atoms with Crippen LogP contribution in [0, 0.1) is 13.8 Å². The van der Waals surface area contributed by atoms with E-state index in [0.29, 0.717) is 11.6 Å². The Morgan fingerprint density at radius 3 is 2.83 bits per heavy atom. The summed E-state index contributed by atoms with van der Waals surface area (Å²) in [5.74, 6) is 1.64. The maximum absolute atomic E-state index is 9.86. The lowest BCUT2D eigenvalue weighted by atomic mass is 10.1. The van der Waals surface area contributed by atoms with E-state index >= 15 is 0 Å². The van der Waals surface area contributed by atoms with E-state index in [1.807, 2.05) is 30.5 Å². The zero-order chi connectivity index (χ0) is 20.7. The van der Waals surface area contributed by atoms with Crippen LogP contribution >= 0.6 is 0 Å². The SMILES string of the molecule is Cc1cc(CN2CCc3nc(-c4ccco4)ncc3C2)c(C)n1-c1cccc(O)c1. The molecule has 3 aromatic heterocycles. The molecule has 152 valence electrons. The smallest absolute Gasteiger partial charge is 0.195 e. The average molecular weight is 400 g/mol. The van der Waals surface area contributed by atoms with Crippen molar-refractivity contribution in [3.05, 3.63) is 83.1 Å². The maximum Gasteiger partial charge on any atom is 0.195 e. The van der Waals surface area contributed by atoms with E-state index in [2.05, 4.69) is 34.4 Å². The molecule has 1 N–H and O–H groups in total. The molecule has 1 aromatic carbocycles. The highest BCUT2D eigenvalue weighted by Gasteiger charge is 2.21. The summed E-state index contributed by atoms with van der Waals surface area (Å²) >= 11 is 0. The molecule has 4 heterocycles. The van der Waals surface area contributed by atoms with E-state index in [-0.39, 0.29) is 5.75 Å². The molecule has 0 radical (unpaired) electrons. The van der Waals surface area contributed by atoms with Crippen molar-refractivity contribution in [2.75, 3.05) is 6.54 Å². The van der Waals surface area contributed by atoms with E-state index < -0.39 is 0 Å². The van der Waals surface area contributed by atoms with Gasteiger partial charge in [0.15, 0.2) is 11.6 Å². The molecule has 1 aliphatic heterocycles. The van der Waals surface area contributed by atoms with Gasteiger partial charge < -0.3 is 14.1 Å². The van der Waals surface area contributed by atoms with Crippen molar-refractivity contribution in [1.29, 1.82) is 0 Å². The summed E-state index contributed by atoms with van der Waals surface area (Å²) in [6, 6.07) is 13.4. The highest BCUT2D eigenvalue weighted by atomic mass is 16.3. The predicted octanol–water partition coefficient (Wildman–Crippen LogP) is 4.41. The van der Waals surface area contributed by atoms with Gasteiger partial charge in [0, 0.05) is 61.0 Å². The van der Waals surface area contributed by atoms with Crippen molar-refractivity contribution < 1.29 is 9.52 Å². The number of phenols is 1. The quantitative estimate of drug-likeness (QED) is 0.550. The Bertz CT molecular complexity index is 1190. The molecular weight excluding hydrogens is 376 g/mol.